The van der Waals surface area contributed by atoms with E-state index in [0.717, 1.165) is 0 Å². The zero-order chi connectivity index (χ0) is 19.2. The van der Waals surface area contributed by atoms with Crippen LogP contribution in [-0.2, 0) is 4.79 Å². The summed E-state index contributed by atoms with van der Waals surface area (Å²) in [7, 11) is 0. The quantitative estimate of drug-likeness (QED) is 0.485. The molecule has 1 atom stereocenters. The number of aromatic nitrogens is 1. The third kappa shape index (κ3) is 2.75. The van der Waals surface area contributed by atoms with Crippen molar-refractivity contribution in [3.05, 3.63) is 40.6 Å². The molecule has 9 nitrogen and oxygen atoms in total. The minimum Gasteiger partial charge on any atom is -0.366 e. The van der Waals surface area contributed by atoms with E-state index in [1.165, 1.54) is 0 Å². The molecule has 140 valence electrons. The molecule has 2 aliphatic heterocycles. The maximum atomic E-state index is 12.1. The van der Waals surface area contributed by atoms with E-state index in [4.69, 9.17) is 0 Å². The van der Waals surface area contributed by atoms with E-state index in [-0.39, 0.29) is 22.4 Å². The molecule has 2 aromatic rings. The van der Waals surface area contributed by atoms with Gasteiger partial charge < -0.3 is 10.2 Å². The van der Waals surface area contributed by atoms with Crippen molar-refractivity contribution in [1.82, 2.24) is 15.6 Å². The summed E-state index contributed by atoms with van der Waals surface area (Å²) in [5, 5.41) is 17.3. The molecule has 0 unspecified atom stereocenters. The largest absolute Gasteiger partial charge is 0.366 e. The van der Waals surface area contributed by atoms with Crippen molar-refractivity contribution in [3.8, 4) is 0 Å². The average Bonchev–Trinajstić information content (AvgIpc) is 2.93. The second kappa shape index (κ2) is 6.19. The highest BCUT2D eigenvalue weighted by Gasteiger charge is 2.48. The number of benzene rings is 1. The second-order valence-corrected chi connectivity index (χ2v) is 7.13. The fraction of sp³-hybridized carbons (Fsp3) is 0.389. The van der Waals surface area contributed by atoms with Crippen molar-refractivity contribution in [1.29, 1.82) is 0 Å². The third-order valence-corrected chi connectivity index (χ3v) is 5.64. The number of nitro groups is 1. The summed E-state index contributed by atoms with van der Waals surface area (Å²) in [4.78, 5) is 41.2. The molecule has 0 saturated carbocycles. The van der Waals surface area contributed by atoms with Gasteiger partial charge >= 0.3 is 11.7 Å². The summed E-state index contributed by atoms with van der Waals surface area (Å²) >= 11 is 0. The van der Waals surface area contributed by atoms with Crippen molar-refractivity contribution in [2.45, 2.75) is 25.3 Å². The standard InChI is InChI=1S/C18H19N5O4/c1-18(16(24)20-17(25)21-18)11-6-9-22(10-7-11)14-5-4-13-12(3-2-8-19-13)15(14)23(26)27/h2-5,8,11H,6-7,9-10H2,1H3,(H2,20,21,24,25)/t18-/m0/s1. The van der Waals surface area contributed by atoms with Gasteiger partial charge in [-0.2, -0.15) is 0 Å². The number of nitrogens with zero attached hydrogens (tertiary/aromatic N) is 3. The molecule has 2 fully saturated rings. The summed E-state index contributed by atoms with van der Waals surface area (Å²) in [6.45, 7) is 2.86. The molecule has 1 aromatic heterocycles. The number of piperidine rings is 1. The molecule has 2 N–H and O–H groups in total. The molecule has 2 saturated heterocycles. The molecule has 0 radical (unpaired) electrons. The number of amides is 3. The molecule has 0 bridgehead atoms. The highest BCUT2D eigenvalue weighted by Crippen LogP contribution is 2.38. The van der Waals surface area contributed by atoms with Crippen molar-refractivity contribution in [2.75, 3.05) is 18.0 Å². The molecule has 9 heteroatoms. The van der Waals surface area contributed by atoms with Crippen LogP contribution in [0, 0.1) is 16.0 Å². The minimum absolute atomic E-state index is 0.0265. The second-order valence-electron chi connectivity index (χ2n) is 7.13. The lowest BCUT2D eigenvalue weighted by molar-refractivity contribution is -0.382. The van der Waals surface area contributed by atoms with Crippen molar-refractivity contribution in [2.24, 2.45) is 5.92 Å². The number of hydrogen-bond acceptors (Lipinski definition) is 6. The predicted molar refractivity (Wildman–Crippen MR) is 98.4 cm³/mol. The lowest BCUT2D eigenvalue weighted by Gasteiger charge is -2.39. The SMILES string of the molecule is C[C@@]1(C2CCN(c3ccc4ncccc4c3[N+](=O)[O-])CC2)NC(=O)NC1=O. The maximum Gasteiger partial charge on any atom is 0.322 e. The van der Waals surface area contributed by atoms with Crippen molar-refractivity contribution >= 4 is 34.2 Å². The highest BCUT2D eigenvalue weighted by atomic mass is 16.6. The maximum absolute atomic E-state index is 12.1. The van der Waals surface area contributed by atoms with Gasteiger partial charge in [-0.15, -0.1) is 0 Å². The topological polar surface area (TPSA) is 117 Å². The lowest BCUT2D eigenvalue weighted by Crippen LogP contribution is -2.53. The van der Waals surface area contributed by atoms with Crippen LogP contribution in [0.5, 0.6) is 0 Å². The Morgan fingerprint density at radius 1 is 1.26 bits per heavy atom. The summed E-state index contributed by atoms with van der Waals surface area (Å²) in [5.74, 6) is -0.338. The Morgan fingerprint density at radius 2 is 2.00 bits per heavy atom. The first-order valence-corrected chi connectivity index (χ1v) is 8.81. The first-order chi connectivity index (χ1) is 12.9. The van der Waals surface area contributed by atoms with E-state index in [9.17, 15) is 19.7 Å². The Kier molecular flexibility index (Phi) is 3.94. The number of pyridine rings is 1. The molecular weight excluding hydrogens is 350 g/mol. The fourth-order valence-corrected chi connectivity index (χ4v) is 4.11. The number of imide groups is 1. The van der Waals surface area contributed by atoms with Gasteiger partial charge in [-0.05, 0) is 49.9 Å². The van der Waals surface area contributed by atoms with E-state index in [1.807, 2.05) is 4.90 Å². The van der Waals surface area contributed by atoms with E-state index in [0.29, 0.717) is 42.5 Å². The molecule has 4 rings (SSSR count). The Hall–Kier alpha value is -3.23. The summed E-state index contributed by atoms with van der Waals surface area (Å²) < 4.78 is 0. The molecule has 2 aliphatic rings. The number of fused-ring (bicyclic) bond motifs is 1. The van der Waals surface area contributed by atoms with Gasteiger partial charge in [-0.1, -0.05) is 0 Å². The van der Waals surface area contributed by atoms with Gasteiger partial charge in [-0.3, -0.25) is 25.2 Å². The fourth-order valence-electron chi connectivity index (χ4n) is 4.11. The van der Waals surface area contributed by atoms with Gasteiger partial charge in [0.15, 0.2) is 0 Å². The van der Waals surface area contributed by atoms with E-state index in [2.05, 4.69) is 15.6 Å². The summed E-state index contributed by atoms with van der Waals surface area (Å²) in [6, 6.07) is 6.45. The molecule has 3 amide bonds. The number of urea groups is 1. The van der Waals surface area contributed by atoms with Crippen molar-refractivity contribution in [3.63, 3.8) is 0 Å². The van der Waals surface area contributed by atoms with Crippen LogP contribution < -0.4 is 15.5 Å². The third-order valence-electron chi connectivity index (χ3n) is 5.64. The Bertz CT molecular complexity index is 954. The van der Waals surface area contributed by atoms with Crippen LogP contribution in [0.1, 0.15) is 19.8 Å². The van der Waals surface area contributed by atoms with Gasteiger partial charge in [0.1, 0.15) is 11.2 Å². The molecule has 3 heterocycles. The first kappa shape index (κ1) is 17.2. The summed E-state index contributed by atoms with van der Waals surface area (Å²) in [6.07, 6.45) is 2.90. The van der Waals surface area contributed by atoms with Gasteiger partial charge in [-0.25, -0.2) is 4.79 Å². The molecular formula is C18H19N5O4. The van der Waals surface area contributed by atoms with Crippen LogP contribution >= 0.6 is 0 Å². The van der Waals surface area contributed by atoms with E-state index in [1.54, 1.807) is 37.4 Å². The Balaban J connectivity index is 1.60. The zero-order valence-electron chi connectivity index (χ0n) is 14.8. The van der Waals surface area contributed by atoms with Crippen LogP contribution in [0.15, 0.2) is 30.5 Å². The van der Waals surface area contributed by atoms with Crippen LogP contribution in [0.3, 0.4) is 0 Å². The molecule has 27 heavy (non-hydrogen) atoms. The number of nitrogens with one attached hydrogen (secondary N) is 2. The number of carbonyl (C=O) groups excluding carboxylic acids is 2. The number of carbonyl (C=O) groups is 2. The Morgan fingerprint density at radius 3 is 2.63 bits per heavy atom. The smallest absolute Gasteiger partial charge is 0.322 e. The summed E-state index contributed by atoms with van der Waals surface area (Å²) in [5.41, 5.74) is 0.268. The predicted octanol–water partition coefficient (Wildman–Crippen LogP) is 1.96. The van der Waals surface area contributed by atoms with Crippen LogP contribution in [0.4, 0.5) is 16.2 Å². The first-order valence-electron chi connectivity index (χ1n) is 8.81. The monoisotopic (exact) mass is 369 g/mol. The van der Waals surface area contributed by atoms with Gasteiger partial charge in [0.25, 0.3) is 5.91 Å². The highest BCUT2D eigenvalue weighted by molar-refractivity contribution is 6.07. The lowest BCUT2D eigenvalue weighted by atomic mass is 9.79. The zero-order valence-corrected chi connectivity index (χ0v) is 14.8. The number of nitro benzene ring substituents is 1. The Labute approximate surface area is 154 Å². The van der Waals surface area contributed by atoms with Gasteiger partial charge in [0.2, 0.25) is 0 Å². The van der Waals surface area contributed by atoms with E-state index < -0.39 is 11.6 Å². The average molecular weight is 369 g/mol. The molecule has 0 spiro atoms. The number of rotatable bonds is 3. The van der Waals surface area contributed by atoms with Crippen LogP contribution in [0.25, 0.3) is 10.9 Å². The molecule has 1 aromatic carbocycles. The normalized spacial score (nSPS) is 23.4. The minimum atomic E-state index is -0.928. The molecule has 0 aliphatic carbocycles. The van der Waals surface area contributed by atoms with Crippen molar-refractivity contribution < 1.29 is 14.5 Å². The number of hydrogen-bond donors (Lipinski definition) is 2. The van der Waals surface area contributed by atoms with Gasteiger partial charge in [0.05, 0.1) is 15.8 Å². The van der Waals surface area contributed by atoms with Crippen LogP contribution in [0.2, 0.25) is 0 Å². The number of anilines is 1. The van der Waals surface area contributed by atoms with Crippen LogP contribution in [-0.4, -0.2) is 40.5 Å². The van der Waals surface area contributed by atoms with E-state index >= 15 is 0 Å². The van der Waals surface area contributed by atoms with Gasteiger partial charge in [0, 0.05) is 19.3 Å².